The predicted molar refractivity (Wildman–Crippen MR) is 83.5 cm³/mol. The highest BCUT2D eigenvalue weighted by Crippen LogP contribution is 2.07. The van der Waals surface area contributed by atoms with Crippen LogP contribution < -0.4 is 11.1 Å². The number of pyridine rings is 1. The molecule has 120 valence electrons. The average Bonchev–Trinajstić information content (AvgIpc) is 2.54. The maximum Gasteiger partial charge on any atom is 0.408 e. The molecule has 0 bridgehead atoms. The lowest BCUT2D eigenvalue weighted by Gasteiger charge is -2.14. The molecule has 0 aliphatic carbocycles. The van der Waals surface area contributed by atoms with Crippen molar-refractivity contribution in [3.05, 3.63) is 59.9 Å². The molecule has 0 spiro atoms. The van der Waals surface area contributed by atoms with Gasteiger partial charge in [0.05, 0.1) is 0 Å². The highest BCUT2D eigenvalue weighted by molar-refractivity contribution is 5.80. The van der Waals surface area contributed by atoms with E-state index >= 15 is 0 Å². The lowest BCUT2D eigenvalue weighted by molar-refractivity contribution is -0.139. The molecule has 1 aromatic carbocycles. The Labute approximate surface area is 133 Å². The smallest absolute Gasteiger partial charge is 0.408 e. The summed E-state index contributed by atoms with van der Waals surface area (Å²) in [5.74, 6) is -1.14. The number of aromatic nitrogens is 1. The number of nitrogens with zero attached hydrogens (tertiary/aromatic N) is 1. The number of carbonyl (C=O) groups is 2. The lowest BCUT2D eigenvalue weighted by atomic mass is 10.1. The first-order valence-corrected chi connectivity index (χ1v) is 6.94. The molecule has 0 radical (unpaired) electrons. The van der Waals surface area contributed by atoms with Crippen molar-refractivity contribution in [1.29, 1.82) is 0 Å². The van der Waals surface area contributed by atoms with Crippen molar-refractivity contribution >= 4 is 17.7 Å². The van der Waals surface area contributed by atoms with Crippen LogP contribution >= 0.6 is 0 Å². The minimum atomic E-state index is -1.14. The Bertz CT molecular complexity index is 659. The van der Waals surface area contributed by atoms with Gasteiger partial charge in [0.25, 0.3) is 0 Å². The Morgan fingerprint density at radius 3 is 2.57 bits per heavy atom. The molecule has 0 aliphatic heterocycles. The van der Waals surface area contributed by atoms with Gasteiger partial charge in [0.2, 0.25) is 0 Å². The lowest BCUT2D eigenvalue weighted by Crippen LogP contribution is -2.42. The van der Waals surface area contributed by atoms with Gasteiger partial charge in [0, 0.05) is 24.5 Å². The summed E-state index contributed by atoms with van der Waals surface area (Å²) < 4.78 is 5.02. The van der Waals surface area contributed by atoms with Crippen LogP contribution in [0.25, 0.3) is 0 Å². The largest absolute Gasteiger partial charge is 0.480 e. The summed E-state index contributed by atoms with van der Waals surface area (Å²) in [5, 5.41) is 11.5. The van der Waals surface area contributed by atoms with Crippen LogP contribution in [0.2, 0.25) is 0 Å². The second-order valence-corrected chi connectivity index (χ2v) is 4.92. The first kappa shape index (κ1) is 16.3. The minimum Gasteiger partial charge on any atom is -0.480 e. The van der Waals surface area contributed by atoms with Gasteiger partial charge in [-0.3, -0.25) is 4.98 Å². The Morgan fingerprint density at radius 1 is 1.22 bits per heavy atom. The number of nitrogens with two attached hydrogens (primary N) is 1. The average molecular weight is 315 g/mol. The molecule has 0 saturated carbocycles. The second kappa shape index (κ2) is 7.79. The molecule has 0 aliphatic rings. The van der Waals surface area contributed by atoms with E-state index in [0.29, 0.717) is 11.3 Å². The third-order valence-electron chi connectivity index (χ3n) is 3.10. The maximum absolute atomic E-state index is 11.8. The third-order valence-corrected chi connectivity index (χ3v) is 3.10. The highest BCUT2D eigenvalue weighted by Gasteiger charge is 2.21. The first-order chi connectivity index (χ1) is 11.0. The fourth-order valence-electron chi connectivity index (χ4n) is 1.90. The van der Waals surface area contributed by atoms with Crippen molar-refractivity contribution in [2.45, 2.75) is 19.1 Å². The molecular formula is C16H17N3O4. The SMILES string of the molecule is Nc1ccc(COC(=O)NC(Cc2cccnc2)C(=O)O)cc1. The van der Waals surface area contributed by atoms with Crippen LogP contribution in [0.5, 0.6) is 0 Å². The molecular weight excluding hydrogens is 298 g/mol. The Kier molecular flexibility index (Phi) is 5.51. The monoisotopic (exact) mass is 315 g/mol. The Morgan fingerprint density at radius 2 is 1.96 bits per heavy atom. The van der Waals surface area contributed by atoms with Gasteiger partial charge in [-0.25, -0.2) is 9.59 Å². The van der Waals surface area contributed by atoms with E-state index in [-0.39, 0.29) is 13.0 Å². The molecule has 0 fully saturated rings. The van der Waals surface area contributed by atoms with Crippen LogP contribution in [0.1, 0.15) is 11.1 Å². The summed E-state index contributed by atoms with van der Waals surface area (Å²) in [6.07, 6.45) is 2.48. The molecule has 1 atom stereocenters. The van der Waals surface area contributed by atoms with Crippen molar-refractivity contribution in [1.82, 2.24) is 10.3 Å². The van der Waals surface area contributed by atoms with Crippen LogP contribution in [0.3, 0.4) is 0 Å². The summed E-state index contributed by atoms with van der Waals surface area (Å²) in [5.41, 5.74) is 7.64. The molecule has 2 aromatic rings. The van der Waals surface area contributed by atoms with E-state index in [1.165, 1.54) is 0 Å². The van der Waals surface area contributed by atoms with Crippen LogP contribution in [0.4, 0.5) is 10.5 Å². The summed E-state index contributed by atoms with van der Waals surface area (Å²) in [6, 6.07) is 9.20. The molecule has 7 heteroatoms. The van der Waals surface area contributed by atoms with Gasteiger partial charge < -0.3 is 20.9 Å². The summed E-state index contributed by atoms with van der Waals surface area (Å²) in [6.45, 7) is 0.0331. The highest BCUT2D eigenvalue weighted by atomic mass is 16.5. The number of carboxylic acids is 1. The van der Waals surface area contributed by atoms with Gasteiger partial charge in [-0.1, -0.05) is 18.2 Å². The van der Waals surface area contributed by atoms with E-state index in [2.05, 4.69) is 10.3 Å². The standard InChI is InChI=1S/C16H17N3O4/c17-13-5-3-11(4-6-13)10-23-16(22)19-14(15(20)21)8-12-2-1-7-18-9-12/h1-7,9,14H,8,10,17H2,(H,19,22)(H,20,21). The zero-order chi connectivity index (χ0) is 16.7. The zero-order valence-electron chi connectivity index (χ0n) is 12.3. The van der Waals surface area contributed by atoms with E-state index in [0.717, 1.165) is 5.56 Å². The number of hydrogen-bond donors (Lipinski definition) is 3. The first-order valence-electron chi connectivity index (χ1n) is 6.94. The van der Waals surface area contributed by atoms with Crippen LogP contribution in [-0.2, 0) is 22.6 Å². The van der Waals surface area contributed by atoms with Gasteiger partial charge in [-0.2, -0.15) is 0 Å². The molecule has 4 N–H and O–H groups in total. The molecule has 2 rings (SSSR count). The van der Waals surface area contributed by atoms with Crippen molar-refractivity contribution in [3.8, 4) is 0 Å². The molecule has 1 aromatic heterocycles. The number of anilines is 1. The van der Waals surface area contributed by atoms with Gasteiger partial charge in [0.15, 0.2) is 0 Å². The number of alkyl carbamates (subject to hydrolysis) is 1. The van der Waals surface area contributed by atoms with Crippen LogP contribution in [0.15, 0.2) is 48.8 Å². The molecule has 1 unspecified atom stereocenters. The topological polar surface area (TPSA) is 115 Å². The van der Waals surface area contributed by atoms with Gasteiger partial charge in [-0.15, -0.1) is 0 Å². The van der Waals surface area contributed by atoms with E-state index in [1.807, 2.05) is 0 Å². The quantitative estimate of drug-likeness (QED) is 0.697. The molecule has 1 heterocycles. The Balaban J connectivity index is 1.88. The van der Waals surface area contributed by atoms with Crippen LogP contribution in [0, 0.1) is 0 Å². The van der Waals surface area contributed by atoms with Gasteiger partial charge >= 0.3 is 12.1 Å². The number of amides is 1. The summed E-state index contributed by atoms with van der Waals surface area (Å²) in [7, 11) is 0. The fraction of sp³-hybridized carbons (Fsp3) is 0.188. The number of carboxylic acid groups (broad SMARTS) is 1. The number of hydrogen-bond acceptors (Lipinski definition) is 5. The van der Waals surface area contributed by atoms with E-state index in [9.17, 15) is 14.7 Å². The normalized spacial score (nSPS) is 11.5. The van der Waals surface area contributed by atoms with Crippen molar-refractivity contribution < 1.29 is 19.4 Å². The molecule has 0 saturated heterocycles. The number of rotatable bonds is 6. The zero-order valence-corrected chi connectivity index (χ0v) is 12.3. The fourth-order valence-corrected chi connectivity index (χ4v) is 1.90. The predicted octanol–water partition coefficient (Wildman–Crippen LogP) is 1.59. The molecule has 1 amide bonds. The van der Waals surface area contributed by atoms with Gasteiger partial charge in [0.1, 0.15) is 12.6 Å². The number of ether oxygens (including phenoxy) is 1. The number of nitrogens with one attached hydrogen (secondary N) is 1. The van der Waals surface area contributed by atoms with Crippen LogP contribution in [-0.4, -0.2) is 28.2 Å². The summed E-state index contributed by atoms with van der Waals surface area (Å²) in [4.78, 5) is 26.9. The number of aliphatic carboxylic acids is 1. The molecule has 7 nitrogen and oxygen atoms in total. The number of benzene rings is 1. The van der Waals surface area contributed by atoms with Crippen molar-refractivity contribution in [3.63, 3.8) is 0 Å². The third kappa shape index (κ3) is 5.31. The molecule has 23 heavy (non-hydrogen) atoms. The number of carbonyl (C=O) groups excluding carboxylic acids is 1. The minimum absolute atomic E-state index is 0.0331. The Hall–Kier alpha value is -3.09. The summed E-state index contributed by atoms with van der Waals surface area (Å²) >= 11 is 0. The van der Waals surface area contributed by atoms with Crippen molar-refractivity contribution in [2.24, 2.45) is 0 Å². The van der Waals surface area contributed by atoms with E-state index in [1.54, 1.807) is 48.8 Å². The van der Waals surface area contributed by atoms with E-state index < -0.39 is 18.1 Å². The second-order valence-electron chi connectivity index (χ2n) is 4.92. The van der Waals surface area contributed by atoms with Gasteiger partial charge in [-0.05, 0) is 29.3 Å². The maximum atomic E-state index is 11.8. The van der Waals surface area contributed by atoms with Crippen molar-refractivity contribution in [2.75, 3.05) is 5.73 Å². The number of nitrogen functional groups attached to an aromatic ring is 1. The van der Waals surface area contributed by atoms with E-state index in [4.69, 9.17) is 10.5 Å².